The molecule has 1 heterocycles. The molecule has 0 fully saturated rings. The maximum Gasteiger partial charge on any atom is 0.341 e. The molecule has 3 aromatic rings. The van der Waals surface area contributed by atoms with E-state index >= 15 is 0 Å². The lowest BCUT2D eigenvalue weighted by Gasteiger charge is -2.20. The maximum absolute atomic E-state index is 12.7. The highest BCUT2D eigenvalue weighted by Gasteiger charge is 2.16. The Morgan fingerprint density at radius 2 is 1.72 bits per heavy atom. The van der Waals surface area contributed by atoms with E-state index in [4.69, 9.17) is 23.2 Å². The summed E-state index contributed by atoms with van der Waals surface area (Å²) >= 11 is 11.8. The third-order valence-electron chi connectivity index (χ3n) is 5.60. The Labute approximate surface area is 198 Å². The first-order valence-electron chi connectivity index (χ1n) is 10.7. The molecule has 0 radical (unpaired) electrons. The van der Waals surface area contributed by atoms with Crippen molar-refractivity contribution in [3.05, 3.63) is 70.0 Å². The van der Waals surface area contributed by atoms with Crippen molar-refractivity contribution >= 4 is 40.1 Å². The van der Waals surface area contributed by atoms with Crippen molar-refractivity contribution in [1.29, 1.82) is 0 Å². The fourth-order valence-electron chi connectivity index (χ4n) is 3.88. The Morgan fingerprint density at radius 3 is 2.34 bits per heavy atom. The highest BCUT2D eigenvalue weighted by atomic mass is 35.5. The predicted octanol–water partition coefficient (Wildman–Crippen LogP) is 5.27. The van der Waals surface area contributed by atoms with Crippen LogP contribution in [-0.2, 0) is 6.42 Å². The van der Waals surface area contributed by atoms with Crippen LogP contribution < -0.4 is 5.43 Å². The van der Waals surface area contributed by atoms with Gasteiger partial charge in [-0.25, -0.2) is 4.79 Å². The molecule has 2 aromatic carbocycles. The molecular formula is C25H28Cl2N2O3. The minimum absolute atomic E-state index is 0.00707. The number of carbonyl (C=O) groups is 1. The smallest absolute Gasteiger partial charge is 0.341 e. The van der Waals surface area contributed by atoms with Gasteiger partial charge in [0, 0.05) is 49.0 Å². The number of nitrogens with zero attached hydrogens (tertiary/aromatic N) is 2. The fraction of sp³-hybridized carbons (Fsp3) is 0.360. The molecule has 1 aromatic heterocycles. The molecule has 3 rings (SSSR count). The van der Waals surface area contributed by atoms with Gasteiger partial charge in [0.1, 0.15) is 5.56 Å². The Bertz CT molecular complexity index is 1150. The van der Waals surface area contributed by atoms with Crippen LogP contribution in [0, 0.1) is 0 Å². The number of pyridine rings is 1. The topological polar surface area (TPSA) is 62.5 Å². The monoisotopic (exact) mass is 474 g/mol. The van der Waals surface area contributed by atoms with Crippen LogP contribution in [0.3, 0.4) is 0 Å². The van der Waals surface area contributed by atoms with Gasteiger partial charge in [-0.05, 0) is 49.1 Å². The van der Waals surface area contributed by atoms with Crippen molar-refractivity contribution in [2.45, 2.75) is 26.3 Å². The number of fused-ring (bicyclic) bond motifs is 1. The second-order valence-electron chi connectivity index (χ2n) is 8.08. The largest absolute Gasteiger partial charge is 0.477 e. The van der Waals surface area contributed by atoms with Gasteiger partial charge in [0.05, 0.1) is 5.52 Å². The first kappa shape index (κ1) is 24.3. The summed E-state index contributed by atoms with van der Waals surface area (Å²) in [6.45, 7) is 6.44. The van der Waals surface area contributed by atoms with E-state index in [-0.39, 0.29) is 11.6 Å². The Morgan fingerprint density at radius 1 is 1.03 bits per heavy atom. The Hall–Kier alpha value is -2.34. The number of benzene rings is 2. The molecule has 1 N–H and O–H groups in total. The van der Waals surface area contributed by atoms with Gasteiger partial charge < -0.3 is 14.6 Å². The van der Waals surface area contributed by atoms with Crippen LogP contribution in [0.5, 0.6) is 0 Å². The summed E-state index contributed by atoms with van der Waals surface area (Å²) in [5.41, 5.74) is 3.31. The summed E-state index contributed by atoms with van der Waals surface area (Å²) in [4.78, 5) is 26.5. The number of rotatable bonds is 10. The van der Waals surface area contributed by atoms with E-state index in [1.165, 1.54) is 11.8 Å². The quantitative estimate of drug-likeness (QED) is 0.406. The molecule has 0 amide bonds. The molecule has 0 aliphatic rings. The molecule has 0 bridgehead atoms. The van der Waals surface area contributed by atoms with E-state index in [0.717, 1.165) is 42.7 Å². The number of carboxylic acid groups (broad SMARTS) is 1. The number of aromatic nitrogens is 1. The molecule has 5 nitrogen and oxygen atoms in total. The van der Waals surface area contributed by atoms with Crippen LogP contribution in [0.1, 0.15) is 35.8 Å². The zero-order chi connectivity index (χ0) is 23.3. The zero-order valence-corrected chi connectivity index (χ0v) is 19.9. The van der Waals surface area contributed by atoms with E-state index in [9.17, 15) is 14.7 Å². The third kappa shape index (κ3) is 5.52. The lowest BCUT2D eigenvalue weighted by Crippen LogP contribution is -2.30. The Balaban J connectivity index is 1.97. The van der Waals surface area contributed by atoms with Gasteiger partial charge in [0.25, 0.3) is 0 Å². The van der Waals surface area contributed by atoms with Crippen molar-refractivity contribution in [1.82, 2.24) is 9.47 Å². The molecule has 0 spiro atoms. The molecular weight excluding hydrogens is 447 g/mol. The predicted molar refractivity (Wildman–Crippen MR) is 133 cm³/mol. The lowest BCUT2D eigenvalue weighted by molar-refractivity contribution is 0.0694. The maximum atomic E-state index is 12.7. The first-order valence-corrected chi connectivity index (χ1v) is 11.8. The van der Waals surface area contributed by atoms with Crippen molar-refractivity contribution < 1.29 is 9.90 Å². The number of hydrogen-bond donors (Lipinski definition) is 1. The van der Waals surface area contributed by atoms with Crippen molar-refractivity contribution in [2.24, 2.45) is 0 Å². The van der Waals surface area contributed by atoms with Gasteiger partial charge in [-0.2, -0.15) is 0 Å². The number of carboxylic acids is 1. The second kappa shape index (κ2) is 11.0. The highest BCUT2D eigenvalue weighted by molar-refractivity contribution is 6.18. The molecule has 0 saturated carbocycles. The van der Waals surface area contributed by atoms with Crippen LogP contribution in [0.4, 0.5) is 0 Å². The van der Waals surface area contributed by atoms with E-state index < -0.39 is 11.4 Å². The van der Waals surface area contributed by atoms with Gasteiger partial charge in [0.2, 0.25) is 5.43 Å². The summed E-state index contributed by atoms with van der Waals surface area (Å²) in [5, 5.41) is 9.83. The van der Waals surface area contributed by atoms with E-state index in [1.807, 2.05) is 42.7 Å². The zero-order valence-electron chi connectivity index (χ0n) is 18.4. The number of halogens is 2. The average molecular weight is 475 g/mol. The van der Waals surface area contributed by atoms with Crippen molar-refractivity contribution in [2.75, 3.05) is 31.4 Å². The summed E-state index contributed by atoms with van der Waals surface area (Å²) < 4.78 is 1.85. The van der Waals surface area contributed by atoms with Crippen LogP contribution in [0.2, 0.25) is 0 Å². The van der Waals surface area contributed by atoms with Gasteiger partial charge >= 0.3 is 5.97 Å². The SMILES string of the molecule is CC(C)n1cc(C(=O)O)c(=O)c2ccc(-c3cccc(CCN(CCCl)CCCl)c3)cc21. The van der Waals surface area contributed by atoms with Crippen LogP contribution in [-0.4, -0.2) is 51.9 Å². The molecule has 0 aliphatic carbocycles. The molecule has 7 heteroatoms. The molecule has 0 saturated heterocycles. The summed E-state index contributed by atoms with van der Waals surface area (Å²) in [6, 6.07) is 13.9. The molecule has 0 atom stereocenters. The van der Waals surface area contributed by atoms with E-state index in [2.05, 4.69) is 17.0 Å². The number of aromatic carboxylic acids is 1. The van der Waals surface area contributed by atoms with E-state index in [1.54, 1.807) is 6.07 Å². The fourth-order valence-corrected chi connectivity index (χ4v) is 4.35. The van der Waals surface area contributed by atoms with Crippen molar-refractivity contribution in [3.63, 3.8) is 0 Å². The van der Waals surface area contributed by atoms with Crippen LogP contribution in [0.25, 0.3) is 22.0 Å². The molecule has 32 heavy (non-hydrogen) atoms. The standard InChI is InChI=1S/C25H28Cl2N2O3/c1-17(2)29-16-22(25(31)32)24(30)21-7-6-20(15-23(21)29)19-5-3-4-18(14-19)8-11-28(12-9-26)13-10-27/h3-7,14-17H,8-13H2,1-2H3,(H,31,32). The third-order valence-corrected chi connectivity index (χ3v) is 5.94. The molecule has 170 valence electrons. The summed E-state index contributed by atoms with van der Waals surface area (Å²) in [5.74, 6) is -0.0508. The van der Waals surface area contributed by atoms with Crippen LogP contribution in [0.15, 0.2) is 53.5 Å². The lowest BCUT2D eigenvalue weighted by atomic mass is 9.99. The van der Waals surface area contributed by atoms with Gasteiger partial charge in [-0.15, -0.1) is 23.2 Å². The first-order chi connectivity index (χ1) is 15.3. The van der Waals surface area contributed by atoms with E-state index in [0.29, 0.717) is 17.1 Å². The van der Waals surface area contributed by atoms with Crippen LogP contribution >= 0.6 is 23.2 Å². The highest BCUT2D eigenvalue weighted by Crippen LogP contribution is 2.26. The van der Waals surface area contributed by atoms with Gasteiger partial charge in [0.15, 0.2) is 0 Å². The number of hydrogen-bond acceptors (Lipinski definition) is 3. The summed E-state index contributed by atoms with van der Waals surface area (Å²) in [7, 11) is 0. The minimum Gasteiger partial charge on any atom is -0.477 e. The normalized spacial score (nSPS) is 11.6. The van der Waals surface area contributed by atoms with Gasteiger partial charge in [-0.1, -0.05) is 30.3 Å². The van der Waals surface area contributed by atoms with Crippen molar-refractivity contribution in [3.8, 4) is 11.1 Å². The number of alkyl halides is 2. The molecule has 0 aliphatic heterocycles. The summed E-state index contributed by atoms with van der Waals surface area (Å²) in [6.07, 6.45) is 2.33. The second-order valence-corrected chi connectivity index (χ2v) is 8.84. The molecule has 0 unspecified atom stereocenters. The minimum atomic E-state index is -1.21. The van der Waals surface area contributed by atoms with Gasteiger partial charge in [-0.3, -0.25) is 4.79 Å². The average Bonchev–Trinajstić information content (AvgIpc) is 2.77. The Kier molecular flexibility index (Phi) is 8.35.